The summed E-state index contributed by atoms with van der Waals surface area (Å²) in [5.74, 6) is -1.42. The minimum atomic E-state index is -3.99. The van der Waals surface area contributed by atoms with Gasteiger partial charge in [-0.25, -0.2) is 36.3 Å². The van der Waals surface area contributed by atoms with Gasteiger partial charge >= 0.3 is 6.09 Å². The number of fused-ring (bicyclic) bond motifs is 2. The Morgan fingerprint density at radius 1 is 1.10 bits per heavy atom. The molecule has 13 nitrogen and oxygen atoms in total. The van der Waals surface area contributed by atoms with Gasteiger partial charge in [0.15, 0.2) is 11.5 Å². The van der Waals surface area contributed by atoms with Gasteiger partial charge in [0.1, 0.15) is 23.2 Å². The molecule has 0 saturated carbocycles. The van der Waals surface area contributed by atoms with Gasteiger partial charge in [-0.1, -0.05) is 23.7 Å². The van der Waals surface area contributed by atoms with E-state index in [1.165, 1.54) is 43.2 Å². The van der Waals surface area contributed by atoms with Crippen molar-refractivity contribution < 1.29 is 31.8 Å². The summed E-state index contributed by atoms with van der Waals surface area (Å²) in [4.78, 5) is 35.4. The minimum absolute atomic E-state index is 0.0318. The molecule has 6 aromatic rings. The fraction of sp³-hybridized carbons (Fsp3) is 0.182. The molecule has 264 valence electrons. The first-order valence-electron chi connectivity index (χ1n) is 14.9. The van der Waals surface area contributed by atoms with E-state index in [2.05, 4.69) is 36.3 Å². The van der Waals surface area contributed by atoms with Crippen LogP contribution in [0, 0.1) is 11.6 Å². The van der Waals surface area contributed by atoms with Crippen LogP contribution in [0.15, 0.2) is 76.1 Å². The van der Waals surface area contributed by atoms with E-state index in [1.54, 1.807) is 24.3 Å². The van der Waals surface area contributed by atoms with Crippen molar-refractivity contribution in [1.82, 2.24) is 29.6 Å². The van der Waals surface area contributed by atoms with Crippen molar-refractivity contribution in [2.24, 2.45) is 7.05 Å². The predicted octanol–water partition coefficient (Wildman–Crippen LogP) is 5.89. The standard InChI is InChI=1S/C33H27BrClF2N7O6S/c1-42-28-26(9-8-24(35)27(28)31(41-42)43(51(3,48)49)16-17-4-6-22(50-2)7-5-17)44-30(40-29-23(32(44)45)13-19(34)15-38-29)25(39-33(46)47)12-18-10-20(36)14-21(37)11-18/h4-11,13-15,25,39H,12,16H2,1-3H3,(H,46,47). The third-order valence-corrected chi connectivity index (χ3v) is 9.80. The number of carboxylic acid groups (broad SMARTS) is 1. The summed E-state index contributed by atoms with van der Waals surface area (Å²) in [6, 6.07) is 12.6. The van der Waals surface area contributed by atoms with Crippen LogP contribution in [0.3, 0.4) is 0 Å². The normalized spacial score (nSPS) is 12.3. The molecule has 3 aromatic carbocycles. The molecule has 6 rings (SSSR count). The second-order valence-corrected chi connectivity index (χ2v) is 14.7. The maximum absolute atomic E-state index is 14.5. The van der Waals surface area contributed by atoms with Gasteiger partial charge in [-0.15, -0.1) is 0 Å². The summed E-state index contributed by atoms with van der Waals surface area (Å²) in [6.45, 7) is -0.132. The molecule has 51 heavy (non-hydrogen) atoms. The highest BCUT2D eigenvalue weighted by Crippen LogP contribution is 2.38. The lowest BCUT2D eigenvalue weighted by Gasteiger charge is -2.23. The molecule has 0 bridgehead atoms. The number of ether oxygens (including phenoxy) is 1. The lowest BCUT2D eigenvalue weighted by molar-refractivity contribution is 0.189. The number of amides is 1. The number of nitrogens with one attached hydrogen (secondary N) is 1. The van der Waals surface area contributed by atoms with Crippen molar-refractivity contribution in [2.75, 3.05) is 17.7 Å². The molecule has 2 N–H and O–H groups in total. The molecule has 0 fully saturated rings. The molecular formula is C33H27BrClF2N7O6S. The third-order valence-electron chi connectivity index (χ3n) is 7.95. The second kappa shape index (κ2) is 13.9. The molecule has 0 saturated heterocycles. The highest BCUT2D eigenvalue weighted by atomic mass is 79.9. The Hall–Kier alpha value is -5.13. The largest absolute Gasteiger partial charge is 0.497 e. The Morgan fingerprint density at radius 2 is 1.78 bits per heavy atom. The molecule has 1 atom stereocenters. The summed E-state index contributed by atoms with van der Waals surface area (Å²) >= 11 is 10.1. The van der Waals surface area contributed by atoms with Crippen molar-refractivity contribution in [3.63, 3.8) is 0 Å². The number of methoxy groups -OCH3 is 1. The Morgan fingerprint density at radius 3 is 2.41 bits per heavy atom. The van der Waals surface area contributed by atoms with Crippen LogP contribution >= 0.6 is 27.5 Å². The SMILES string of the molecule is COc1ccc(CN(c2nn(C)c3c(-n4c(C(Cc5cc(F)cc(F)c5)NC(=O)O)nc5ncc(Br)cc5c4=O)ccc(Cl)c23)S(C)(=O)=O)cc1. The van der Waals surface area contributed by atoms with Gasteiger partial charge in [-0.2, -0.15) is 5.10 Å². The number of halogens is 4. The molecule has 0 aliphatic heterocycles. The molecule has 3 aromatic heterocycles. The van der Waals surface area contributed by atoms with Crippen molar-refractivity contribution in [1.29, 1.82) is 0 Å². The zero-order valence-electron chi connectivity index (χ0n) is 26.9. The van der Waals surface area contributed by atoms with Crippen molar-refractivity contribution in [2.45, 2.75) is 19.0 Å². The summed E-state index contributed by atoms with van der Waals surface area (Å²) in [6.07, 6.45) is 0.591. The lowest BCUT2D eigenvalue weighted by atomic mass is 10.0. The van der Waals surface area contributed by atoms with Gasteiger partial charge in [0.25, 0.3) is 5.56 Å². The quantitative estimate of drug-likeness (QED) is 0.172. The molecule has 0 aliphatic carbocycles. The highest BCUT2D eigenvalue weighted by Gasteiger charge is 2.30. The topological polar surface area (TPSA) is 162 Å². The van der Waals surface area contributed by atoms with Crippen molar-refractivity contribution >= 4 is 71.4 Å². The van der Waals surface area contributed by atoms with Crippen LogP contribution in [0.25, 0.3) is 27.6 Å². The number of carbonyl (C=O) groups is 1. The smallest absolute Gasteiger partial charge is 0.405 e. The van der Waals surface area contributed by atoms with Crippen LogP contribution in [0.1, 0.15) is 23.0 Å². The minimum Gasteiger partial charge on any atom is -0.497 e. The maximum Gasteiger partial charge on any atom is 0.405 e. The Bertz CT molecular complexity index is 2490. The van der Waals surface area contributed by atoms with Gasteiger partial charge in [-0.05, 0) is 69.5 Å². The van der Waals surface area contributed by atoms with E-state index in [4.69, 9.17) is 16.3 Å². The van der Waals surface area contributed by atoms with Crippen molar-refractivity contribution in [3.05, 3.63) is 115 Å². The highest BCUT2D eigenvalue weighted by molar-refractivity contribution is 9.10. The maximum atomic E-state index is 14.5. The zero-order chi connectivity index (χ0) is 36.8. The average molecular weight is 803 g/mol. The summed E-state index contributed by atoms with van der Waals surface area (Å²) in [5.41, 5.74) is 0.262. The van der Waals surface area contributed by atoms with E-state index < -0.39 is 39.4 Å². The number of anilines is 1. The summed E-state index contributed by atoms with van der Waals surface area (Å²) in [5, 5.41) is 17.0. The number of benzene rings is 3. The number of sulfonamides is 1. The molecule has 18 heteroatoms. The average Bonchev–Trinajstić information content (AvgIpc) is 3.40. The van der Waals surface area contributed by atoms with Crippen LogP contribution < -0.4 is 19.9 Å². The molecule has 0 aliphatic rings. The first kappa shape index (κ1) is 35.7. The molecule has 3 heterocycles. The van der Waals surface area contributed by atoms with E-state index in [0.717, 1.165) is 27.3 Å². The van der Waals surface area contributed by atoms with Crippen molar-refractivity contribution in [3.8, 4) is 11.4 Å². The molecule has 0 radical (unpaired) electrons. The van der Waals surface area contributed by atoms with Gasteiger partial charge < -0.3 is 15.2 Å². The van der Waals surface area contributed by atoms with E-state index in [1.807, 2.05) is 0 Å². The molecule has 1 amide bonds. The van der Waals surface area contributed by atoms with Gasteiger partial charge in [0.05, 0.1) is 53.0 Å². The number of hydrogen-bond acceptors (Lipinski definition) is 8. The molecular weight excluding hydrogens is 776 g/mol. The molecule has 0 spiro atoms. The van der Waals surface area contributed by atoms with E-state index in [-0.39, 0.29) is 62.8 Å². The summed E-state index contributed by atoms with van der Waals surface area (Å²) in [7, 11) is -0.949. The number of hydrogen-bond donors (Lipinski definition) is 2. The van der Waals surface area contributed by atoms with Crippen LogP contribution in [-0.2, 0) is 30.0 Å². The van der Waals surface area contributed by atoms with Gasteiger partial charge in [-0.3, -0.25) is 14.0 Å². The van der Waals surface area contributed by atoms with Crippen LogP contribution in [0.4, 0.5) is 19.4 Å². The number of aryl methyl sites for hydroxylation is 1. The van der Waals surface area contributed by atoms with Crippen LogP contribution in [0.5, 0.6) is 5.75 Å². The van der Waals surface area contributed by atoms with E-state index in [0.29, 0.717) is 21.9 Å². The first-order chi connectivity index (χ1) is 24.1. The lowest BCUT2D eigenvalue weighted by Crippen LogP contribution is -2.35. The van der Waals surface area contributed by atoms with Crippen LogP contribution in [-0.4, -0.2) is 57.3 Å². The predicted molar refractivity (Wildman–Crippen MR) is 190 cm³/mol. The fourth-order valence-electron chi connectivity index (χ4n) is 5.79. The van der Waals surface area contributed by atoms with E-state index >= 15 is 0 Å². The number of rotatable bonds is 10. The van der Waals surface area contributed by atoms with E-state index in [9.17, 15) is 31.9 Å². The number of nitrogens with zero attached hydrogens (tertiary/aromatic N) is 6. The fourth-order valence-corrected chi connectivity index (χ4v) is 7.18. The first-order valence-corrected chi connectivity index (χ1v) is 18.0. The number of pyridine rings is 1. The number of aromatic nitrogens is 5. The van der Waals surface area contributed by atoms with Gasteiger partial charge in [0, 0.05) is 30.2 Å². The Balaban J connectivity index is 1.63. The van der Waals surface area contributed by atoms with Gasteiger partial charge in [0.2, 0.25) is 10.0 Å². The summed E-state index contributed by atoms with van der Waals surface area (Å²) < 4.78 is 64.3. The third kappa shape index (κ3) is 7.22. The zero-order valence-corrected chi connectivity index (χ0v) is 30.1. The monoisotopic (exact) mass is 801 g/mol. The Kier molecular flexibility index (Phi) is 9.71. The molecule has 1 unspecified atom stereocenters. The van der Waals surface area contributed by atoms with Crippen LogP contribution in [0.2, 0.25) is 5.02 Å². The second-order valence-electron chi connectivity index (χ2n) is 11.5. The Labute approximate surface area is 302 Å².